The van der Waals surface area contributed by atoms with Crippen molar-refractivity contribution in [2.45, 2.75) is 12.6 Å². The third-order valence-electron chi connectivity index (χ3n) is 2.86. The number of benzene rings is 1. The lowest BCUT2D eigenvalue weighted by Gasteiger charge is -2.14. The van der Waals surface area contributed by atoms with Crippen LogP contribution < -0.4 is 10.5 Å². The monoisotopic (exact) mass is 352 g/mol. The number of aliphatic carboxylic acids is 1. The SMILES string of the molecule is [N-]=[N+]=NC(COc1cccc(C(=O)CCN)c1)OCCOCC(=O)O. The van der Waals surface area contributed by atoms with E-state index in [0.29, 0.717) is 11.3 Å². The van der Waals surface area contributed by atoms with Crippen LogP contribution in [0.2, 0.25) is 0 Å². The van der Waals surface area contributed by atoms with Gasteiger partial charge in [-0.2, -0.15) is 0 Å². The van der Waals surface area contributed by atoms with Gasteiger partial charge in [0.15, 0.2) is 12.0 Å². The van der Waals surface area contributed by atoms with Gasteiger partial charge in [-0.25, -0.2) is 4.79 Å². The number of carbonyl (C=O) groups excluding carboxylic acids is 1. The second-order valence-electron chi connectivity index (χ2n) is 4.78. The molecule has 0 heterocycles. The van der Waals surface area contributed by atoms with Gasteiger partial charge in [-0.3, -0.25) is 4.79 Å². The molecule has 0 aliphatic rings. The van der Waals surface area contributed by atoms with Crippen molar-refractivity contribution in [3.05, 3.63) is 40.3 Å². The molecule has 3 N–H and O–H groups in total. The molecule has 0 aromatic heterocycles. The predicted octanol–water partition coefficient (Wildman–Crippen LogP) is 1.35. The Bertz CT molecular complexity index is 618. The van der Waals surface area contributed by atoms with Crippen LogP contribution in [0, 0.1) is 0 Å². The minimum Gasteiger partial charge on any atom is -0.491 e. The molecule has 0 saturated heterocycles. The first-order valence-corrected chi connectivity index (χ1v) is 7.48. The van der Waals surface area contributed by atoms with E-state index in [4.69, 9.17) is 30.6 Å². The van der Waals surface area contributed by atoms with Crippen LogP contribution in [0.25, 0.3) is 10.4 Å². The Morgan fingerprint density at radius 3 is 2.84 bits per heavy atom. The number of ether oxygens (including phenoxy) is 3. The molecule has 10 nitrogen and oxygen atoms in total. The minimum absolute atomic E-state index is 0.0345. The standard InChI is InChI=1S/C15H20N4O6/c16-5-4-13(20)11-2-1-3-12(8-11)25-9-14(18-19-17)24-7-6-23-10-15(21)22/h1-3,8,14H,4-7,9-10,16H2,(H,21,22). The zero-order valence-corrected chi connectivity index (χ0v) is 13.5. The molecule has 0 aliphatic carbocycles. The highest BCUT2D eigenvalue weighted by molar-refractivity contribution is 5.96. The summed E-state index contributed by atoms with van der Waals surface area (Å²) in [6, 6.07) is 6.55. The van der Waals surface area contributed by atoms with Gasteiger partial charge in [0.1, 0.15) is 19.0 Å². The van der Waals surface area contributed by atoms with E-state index >= 15 is 0 Å². The second-order valence-corrected chi connectivity index (χ2v) is 4.78. The number of nitrogens with two attached hydrogens (primary N) is 1. The Morgan fingerprint density at radius 2 is 2.16 bits per heavy atom. The summed E-state index contributed by atoms with van der Waals surface area (Å²) in [6.07, 6.45) is -0.675. The third-order valence-corrected chi connectivity index (χ3v) is 2.86. The molecule has 1 aromatic carbocycles. The maximum absolute atomic E-state index is 11.8. The van der Waals surface area contributed by atoms with E-state index in [1.807, 2.05) is 0 Å². The fraction of sp³-hybridized carbons (Fsp3) is 0.467. The molecule has 25 heavy (non-hydrogen) atoms. The number of hydrogen-bond donors (Lipinski definition) is 2. The van der Waals surface area contributed by atoms with Gasteiger partial charge in [0, 0.05) is 16.9 Å². The molecule has 0 radical (unpaired) electrons. The van der Waals surface area contributed by atoms with Crippen molar-refractivity contribution in [1.29, 1.82) is 0 Å². The van der Waals surface area contributed by atoms with Crippen molar-refractivity contribution in [2.24, 2.45) is 10.8 Å². The predicted molar refractivity (Wildman–Crippen MR) is 87.3 cm³/mol. The van der Waals surface area contributed by atoms with Crippen LogP contribution >= 0.6 is 0 Å². The molecule has 136 valence electrons. The number of nitrogens with zero attached hydrogens (tertiary/aromatic N) is 3. The van der Waals surface area contributed by atoms with Crippen LogP contribution in [0.1, 0.15) is 16.8 Å². The maximum Gasteiger partial charge on any atom is 0.329 e. The fourth-order valence-electron chi connectivity index (χ4n) is 1.78. The van der Waals surface area contributed by atoms with Crippen LogP contribution in [0.4, 0.5) is 0 Å². The smallest absolute Gasteiger partial charge is 0.329 e. The highest BCUT2D eigenvalue weighted by Crippen LogP contribution is 2.15. The lowest BCUT2D eigenvalue weighted by atomic mass is 10.1. The zero-order chi connectivity index (χ0) is 18.5. The van der Waals surface area contributed by atoms with Gasteiger partial charge in [-0.05, 0) is 24.2 Å². The number of carboxylic acids is 1. The molecule has 0 bridgehead atoms. The van der Waals surface area contributed by atoms with Crippen LogP contribution in [-0.2, 0) is 14.3 Å². The fourth-order valence-corrected chi connectivity index (χ4v) is 1.78. The van der Waals surface area contributed by atoms with E-state index in [1.54, 1.807) is 24.3 Å². The summed E-state index contributed by atoms with van der Waals surface area (Å²) in [7, 11) is 0. The van der Waals surface area contributed by atoms with Gasteiger partial charge in [0.25, 0.3) is 0 Å². The third kappa shape index (κ3) is 8.68. The van der Waals surface area contributed by atoms with Gasteiger partial charge in [0.05, 0.1) is 13.2 Å². The van der Waals surface area contributed by atoms with E-state index in [2.05, 4.69) is 10.0 Å². The number of rotatable bonds is 13. The number of Topliss-reactive ketones (excluding diaryl/α,β-unsaturated/α-hetero) is 1. The van der Waals surface area contributed by atoms with E-state index in [-0.39, 0.29) is 38.6 Å². The average molecular weight is 352 g/mol. The molecule has 1 unspecified atom stereocenters. The molecule has 0 fully saturated rings. The largest absolute Gasteiger partial charge is 0.491 e. The maximum atomic E-state index is 11.8. The number of carboxylic acid groups (broad SMARTS) is 1. The van der Waals surface area contributed by atoms with E-state index < -0.39 is 18.8 Å². The summed E-state index contributed by atoms with van der Waals surface area (Å²) in [5.74, 6) is -0.753. The molecule has 0 spiro atoms. The molecule has 0 aliphatic heterocycles. The first-order chi connectivity index (χ1) is 12.1. The van der Waals surface area contributed by atoms with Crippen LogP contribution in [-0.4, -0.2) is 56.1 Å². The van der Waals surface area contributed by atoms with Crippen LogP contribution in [0.15, 0.2) is 29.4 Å². The van der Waals surface area contributed by atoms with Gasteiger partial charge in [0.2, 0.25) is 0 Å². The number of azide groups is 1. The van der Waals surface area contributed by atoms with E-state index in [9.17, 15) is 9.59 Å². The summed E-state index contributed by atoms with van der Waals surface area (Å²) in [5, 5.41) is 11.9. The highest BCUT2D eigenvalue weighted by atomic mass is 16.6. The Morgan fingerprint density at radius 1 is 1.36 bits per heavy atom. The molecule has 1 aromatic rings. The van der Waals surface area contributed by atoms with Crippen molar-refractivity contribution in [2.75, 3.05) is 33.0 Å². The summed E-state index contributed by atoms with van der Waals surface area (Å²) in [4.78, 5) is 24.8. The molecular formula is C15H20N4O6. The van der Waals surface area contributed by atoms with Crippen molar-refractivity contribution < 1.29 is 28.9 Å². The quantitative estimate of drug-likeness (QED) is 0.178. The van der Waals surface area contributed by atoms with Gasteiger partial charge in [-0.15, -0.1) is 0 Å². The minimum atomic E-state index is -1.08. The van der Waals surface area contributed by atoms with Gasteiger partial charge >= 0.3 is 5.97 Å². The van der Waals surface area contributed by atoms with E-state index in [0.717, 1.165) is 0 Å². The van der Waals surface area contributed by atoms with Crippen molar-refractivity contribution in [1.82, 2.24) is 0 Å². The Hall–Kier alpha value is -2.65. The molecule has 0 saturated carbocycles. The zero-order valence-electron chi connectivity index (χ0n) is 13.5. The lowest BCUT2D eigenvalue weighted by Crippen LogP contribution is -2.22. The molecule has 0 amide bonds. The van der Waals surface area contributed by atoms with Crippen LogP contribution in [0.5, 0.6) is 5.75 Å². The summed E-state index contributed by atoms with van der Waals surface area (Å²) < 4.78 is 15.5. The Kier molecular flexibility index (Phi) is 9.64. The van der Waals surface area contributed by atoms with Gasteiger partial charge in [-0.1, -0.05) is 17.2 Å². The number of hydrogen-bond acceptors (Lipinski definition) is 7. The first kappa shape index (κ1) is 20.4. The van der Waals surface area contributed by atoms with Gasteiger partial charge < -0.3 is 25.1 Å². The normalized spacial score (nSPS) is 11.4. The summed E-state index contributed by atoms with van der Waals surface area (Å²) in [5.41, 5.74) is 14.4. The number of ketones is 1. The molecule has 1 atom stereocenters. The number of carbonyl (C=O) groups is 2. The van der Waals surface area contributed by atoms with Crippen molar-refractivity contribution in [3.63, 3.8) is 0 Å². The highest BCUT2D eigenvalue weighted by Gasteiger charge is 2.10. The topological polar surface area (TPSA) is 157 Å². The summed E-state index contributed by atoms with van der Waals surface area (Å²) >= 11 is 0. The molecule has 10 heteroatoms. The average Bonchev–Trinajstić information content (AvgIpc) is 2.59. The lowest BCUT2D eigenvalue weighted by molar-refractivity contribution is -0.143. The second kappa shape index (κ2) is 11.8. The van der Waals surface area contributed by atoms with Crippen LogP contribution in [0.3, 0.4) is 0 Å². The first-order valence-electron chi connectivity index (χ1n) is 7.48. The molecular weight excluding hydrogens is 332 g/mol. The Labute approximate surface area is 144 Å². The molecule has 1 rings (SSSR count). The van der Waals surface area contributed by atoms with Crippen molar-refractivity contribution in [3.8, 4) is 5.75 Å². The van der Waals surface area contributed by atoms with Crippen molar-refractivity contribution >= 4 is 11.8 Å². The Balaban J connectivity index is 2.48. The summed E-state index contributed by atoms with van der Waals surface area (Å²) in [6.45, 7) is -0.171. The van der Waals surface area contributed by atoms with E-state index in [1.165, 1.54) is 0 Å².